The van der Waals surface area contributed by atoms with Gasteiger partial charge in [-0.15, -0.1) is 0 Å². The van der Waals surface area contributed by atoms with E-state index in [0.29, 0.717) is 41.0 Å². The number of carbonyl (C=O) groups excluding carboxylic acids is 3. The summed E-state index contributed by atoms with van der Waals surface area (Å²) in [4.78, 5) is 42.3. The third-order valence-electron chi connectivity index (χ3n) is 9.49. The number of esters is 1. The van der Waals surface area contributed by atoms with Gasteiger partial charge in [-0.2, -0.15) is 13.2 Å². The molecule has 2 unspecified atom stereocenters. The number of anilines is 2. The molecule has 0 bridgehead atoms. The molecule has 10 heteroatoms. The number of piperidine rings is 1. The lowest BCUT2D eigenvalue weighted by Gasteiger charge is -2.37. The number of nitrogens with zero attached hydrogens (tertiary/aromatic N) is 1. The summed E-state index contributed by atoms with van der Waals surface area (Å²) in [6.07, 6.45) is -2.97. The number of benzene rings is 5. The molecule has 0 aromatic heterocycles. The third kappa shape index (κ3) is 8.34. The van der Waals surface area contributed by atoms with Crippen LogP contribution in [0.1, 0.15) is 51.8 Å². The van der Waals surface area contributed by atoms with Crippen LogP contribution in [-0.2, 0) is 20.5 Å². The van der Waals surface area contributed by atoms with E-state index >= 15 is 0 Å². The highest BCUT2D eigenvalue weighted by Crippen LogP contribution is 2.36. The van der Waals surface area contributed by atoms with Crippen molar-refractivity contribution >= 4 is 29.2 Å². The van der Waals surface area contributed by atoms with Gasteiger partial charge >= 0.3 is 12.1 Å². The molecular weight excluding hydrogens is 667 g/mol. The van der Waals surface area contributed by atoms with Gasteiger partial charge in [-0.25, -0.2) is 4.79 Å². The Morgan fingerprint density at radius 1 is 0.731 bits per heavy atom. The van der Waals surface area contributed by atoms with Crippen molar-refractivity contribution in [3.8, 4) is 11.1 Å². The van der Waals surface area contributed by atoms with Gasteiger partial charge in [0.2, 0.25) is 5.91 Å². The van der Waals surface area contributed by atoms with E-state index in [1.165, 1.54) is 19.2 Å². The first-order chi connectivity index (χ1) is 25.1. The molecule has 5 aromatic rings. The Hall–Kier alpha value is -5.90. The van der Waals surface area contributed by atoms with E-state index in [-0.39, 0.29) is 17.7 Å². The lowest BCUT2D eigenvalue weighted by molar-refractivity contribution is -0.145. The van der Waals surface area contributed by atoms with E-state index < -0.39 is 29.7 Å². The molecule has 1 heterocycles. The molecule has 7 nitrogen and oxygen atoms in total. The van der Waals surface area contributed by atoms with E-state index in [0.717, 1.165) is 36.2 Å². The number of alkyl halides is 3. The monoisotopic (exact) mass is 705 g/mol. The molecule has 1 fully saturated rings. The summed E-state index contributed by atoms with van der Waals surface area (Å²) in [7, 11) is 1.31. The molecular formula is C42H38F3N3O4. The van der Waals surface area contributed by atoms with Gasteiger partial charge < -0.3 is 20.3 Å². The molecule has 266 valence electrons. The summed E-state index contributed by atoms with van der Waals surface area (Å²) in [5.41, 5.74) is 3.69. The molecule has 6 rings (SSSR count). The van der Waals surface area contributed by atoms with Gasteiger partial charge in [-0.3, -0.25) is 9.59 Å². The maximum Gasteiger partial charge on any atom is 0.416 e. The Balaban J connectivity index is 1.11. The van der Waals surface area contributed by atoms with Gasteiger partial charge in [0.15, 0.2) is 6.04 Å². The first kappa shape index (κ1) is 35.9. The molecule has 0 aliphatic carbocycles. The molecule has 1 aliphatic rings. The molecule has 0 saturated carbocycles. The summed E-state index contributed by atoms with van der Waals surface area (Å²) in [5.74, 6) is -1.60. The van der Waals surface area contributed by atoms with Gasteiger partial charge in [0.05, 0.1) is 18.6 Å². The van der Waals surface area contributed by atoms with Crippen molar-refractivity contribution in [1.82, 2.24) is 5.32 Å². The maximum atomic E-state index is 14.0. The van der Waals surface area contributed by atoms with Gasteiger partial charge in [-0.05, 0) is 83.5 Å². The van der Waals surface area contributed by atoms with Crippen LogP contribution in [0.4, 0.5) is 24.5 Å². The number of hydrogen-bond acceptors (Lipinski definition) is 5. The minimum atomic E-state index is -4.45. The van der Waals surface area contributed by atoms with Crippen molar-refractivity contribution in [2.45, 2.75) is 31.0 Å². The number of rotatable bonds is 10. The molecule has 0 radical (unpaired) electrons. The zero-order valence-electron chi connectivity index (χ0n) is 28.5. The second-order valence-corrected chi connectivity index (χ2v) is 12.7. The summed E-state index contributed by atoms with van der Waals surface area (Å²) < 4.78 is 44.3. The number of ether oxygens (including phenoxy) is 1. The highest BCUT2D eigenvalue weighted by atomic mass is 19.4. The zero-order chi connectivity index (χ0) is 36.7. The van der Waals surface area contributed by atoms with Crippen LogP contribution in [0.3, 0.4) is 0 Å². The van der Waals surface area contributed by atoms with E-state index in [1.807, 2.05) is 72.8 Å². The standard InChI is InChI=1S/C42H38F3N3O4/c1-52-41(51)38(31-12-6-3-7-13-31)47-40(50)37(29-10-4-2-5-11-29)30-24-26-48(27-25-30)34-22-20-33(21-23-34)46-39(49)36-15-9-8-14-35(36)28-16-18-32(19-17-28)42(43,44)45/h2-23,30,37-38H,24-27H2,1H3,(H,46,49)(H,47,50). The molecule has 2 amide bonds. The molecule has 1 saturated heterocycles. The number of nitrogens with one attached hydrogen (secondary N) is 2. The quantitative estimate of drug-likeness (QED) is 0.142. The minimum absolute atomic E-state index is 0.0241. The highest BCUT2D eigenvalue weighted by Gasteiger charge is 2.35. The third-order valence-corrected chi connectivity index (χ3v) is 9.49. The summed E-state index contributed by atoms with van der Waals surface area (Å²) >= 11 is 0. The smallest absolute Gasteiger partial charge is 0.416 e. The van der Waals surface area contributed by atoms with Crippen LogP contribution in [0.25, 0.3) is 11.1 Å². The lowest BCUT2D eigenvalue weighted by atomic mass is 9.79. The van der Waals surface area contributed by atoms with Crippen LogP contribution in [0, 0.1) is 5.92 Å². The number of methoxy groups -OCH3 is 1. The van der Waals surface area contributed by atoms with Gasteiger partial charge in [-0.1, -0.05) is 91.0 Å². The Kier molecular flexibility index (Phi) is 11.0. The van der Waals surface area contributed by atoms with Crippen molar-refractivity contribution in [2.75, 3.05) is 30.4 Å². The van der Waals surface area contributed by atoms with Crippen molar-refractivity contribution in [1.29, 1.82) is 0 Å². The van der Waals surface area contributed by atoms with Crippen LogP contribution < -0.4 is 15.5 Å². The summed E-state index contributed by atoms with van der Waals surface area (Å²) in [6, 6.07) is 36.8. The van der Waals surface area contributed by atoms with Crippen LogP contribution in [0.15, 0.2) is 133 Å². The Morgan fingerprint density at radius 2 is 1.31 bits per heavy atom. The number of halogens is 3. The Morgan fingerprint density at radius 3 is 1.90 bits per heavy atom. The molecule has 5 aromatic carbocycles. The average molecular weight is 706 g/mol. The second kappa shape index (κ2) is 16.0. The number of amides is 2. The second-order valence-electron chi connectivity index (χ2n) is 12.7. The van der Waals surface area contributed by atoms with Gasteiger partial charge in [0.25, 0.3) is 5.91 Å². The first-order valence-electron chi connectivity index (χ1n) is 17.0. The fourth-order valence-corrected chi connectivity index (χ4v) is 6.79. The van der Waals surface area contributed by atoms with Crippen LogP contribution in [0.5, 0.6) is 0 Å². The molecule has 52 heavy (non-hydrogen) atoms. The Labute approximate surface area is 300 Å². The van der Waals surface area contributed by atoms with Crippen molar-refractivity contribution in [3.05, 3.63) is 156 Å². The summed E-state index contributed by atoms with van der Waals surface area (Å²) in [6.45, 7) is 1.40. The van der Waals surface area contributed by atoms with E-state index in [1.54, 1.807) is 36.4 Å². The largest absolute Gasteiger partial charge is 0.467 e. The van der Waals surface area contributed by atoms with Crippen molar-refractivity contribution in [2.24, 2.45) is 5.92 Å². The fraction of sp³-hybridized carbons (Fsp3) is 0.214. The molecule has 0 spiro atoms. The predicted octanol–water partition coefficient (Wildman–Crippen LogP) is 8.66. The topological polar surface area (TPSA) is 87.7 Å². The highest BCUT2D eigenvalue weighted by molar-refractivity contribution is 6.08. The van der Waals surface area contributed by atoms with Crippen molar-refractivity contribution in [3.63, 3.8) is 0 Å². The SMILES string of the molecule is COC(=O)C(NC(=O)C(c1ccccc1)C1CCN(c2ccc(NC(=O)c3ccccc3-c3ccc(C(F)(F)F)cc3)cc2)CC1)c1ccccc1. The van der Waals surface area contributed by atoms with Crippen molar-refractivity contribution < 1.29 is 32.3 Å². The van der Waals surface area contributed by atoms with Crippen LogP contribution >= 0.6 is 0 Å². The molecule has 1 aliphatic heterocycles. The fourth-order valence-electron chi connectivity index (χ4n) is 6.79. The lowest BCUT2D eigenvalue weighted by Crippen LogP contribution is -2.43. The summed E-state index contributed by atoms with van der Waals surface area (Å²) in [5, 5.41) is 5.89. The predicted molar refractivity (Wildman–Crippen MR) is 195 cm³/mol. The van der Waals surface area contributed by atoms with E-state index in [2.05, 4.69) is 15.5 Å². The van der Waals surface area contributed by atoms with Crippen LogP contribution in [0.2, 0.25) is 0 Å². The number of hydrogen-bond donors (Lipinski definition) is 2. The minimum Gasteiger partial charge on any atom is -0.467 e. The normalized spacial score (nSPS) is 14.6. The van der Waals surface area contributed by atoms with E-state index in [9.17, 15) is 27.6 Å². The molecule has 2 N–H and O–H groups in total. The first-order valence-corrected chi connectivity index (χ1v) is 17.0. The van der Waals surface area contributed by atoms with E-state index in [4.69, 9.17) is 4.74 Å². The maximum absolute atomic E-state index is 14.0. The zero-order valence-corrected chi connectivity index (χ0v) is 28.5. The average Bonchev–Trinajstić information content (AvgIpc) is 3.18. The van der Waals surface area contributed by atoms with Gasteiger partial charge in [0.1, 0.15) is 0 Å². The number of carbonyl (C=O) groups is 3. The molecule has 2 atom stereocenters. The van der Waals surface area contributed by atoms with Gasteiger partial charge in [0, 0.05) is 30.0 Å². The van der Waals surface area contributed by atoms with Crippen LogP contribution in [-0.4, -0.2) is 38.0 Å². The Bertz CT molecular complexity index is 1980.